The molecule has 2 heterocycles. The van der Waals surface area contributed by atoms with Crippen LogP contribution < -0.4 is 5.56 Å². The number of aromatic hydroxyl groups is 1. The molecule has 5 nitrogen and oxygen atoms in total. The van der Waals surface area contributed by atoms with Gasteiger partial charge in [0.05, 0.1) is 16.8 Å². The van der Waals surface area contributed by atoms with Gasteiger partial charge in [0, 0.05) is 21.9 Å². The molecule has 2 aromatic heterocycles. The molecule has 158 valence electrons. The molecular formula is C26H21N3O2S. The van der Waals surface area contributed by atoms with Gasteiger partial charge < -0.3 is 5.11 Å². The van der Waals surface area contributed by atoms with Gasteiger partial charge in [0.15, 0.2) is 0 Å². The minimum Gasteiger partial charge on any atom is -0.494 e. The SMILES string of the molecule is Cc1ccc(-n2c(O)c(C=Nc3sc4c(c3C#N)CCC4)c3ccccc3c2=O)cc1C. The molecule has 5 rings (SSSR count). The fraction of sp³-hybridized carbons (Fsp3) is 0.192. The number of aliphatic imine (C=N–C) groups is 1. The van der Waals surface area contributed by atoms with Crippen molar-refractivity contribution >= 4 is 33.3 Å². The van der Waals surface area contributed by atoms with E-state index >= 15 is 0 Å². The summed E-state index contributed by atoms with van der Waals surface area (Å²) in [5.74, 6) is -0.164. The first kappa shape index (κ1) is 20.2. The van der Waals surface area contributed by atoms with Gasteiger partial charge in [-0.15, -0.1) is 11.3 Å². The Kier molecular flexibility index (Phi) is 4.91. The van der Waals surface area contributed by atoms with Crippen molar-refractivity contribution in [2.75, 3.05) is 0 Å². The van der Waals surface area contributed by atoms with Gasteiger partial charge in [0.25, 0.3) is 5.56 Å². The molecule has 0 saturated heterocycles. The highest BCUT2D eigenvalue weighted by Crippen LogP contribution is 2.40. The Morgan fingerprint density at radius 3 is 2.66 bits per heavy atom. The van der Waals surface area contributed by atoms with E-state index in [4.69, 9.17) is 0 Å². The molecule has 6 heteroatoms. The fourth-order valence-electron chi connectivity index (χ4n) is 4.31. The number of aryl methyl sites for hydroxylation is 3. The second-order valence-corrected chi connectivity index (χ2v) is 9.18. The second kappa shape index (κ2) is 7.77. The Hall–Kier alpha value is -3.69. The van der Waals surface area contributed by atoms with Crippen LogP contribution in [0.15, 0.2) is 52.3 Å². The van der Waals surface area contributed by atoms with E-state index in [0.717, 1.165) is 36.0 Å². The summed E-state index contributed by atoms with van der Waals surface area (Å²) in [4.78, 5) is 19.1. The number of benzene rings is 2. The van der Waals surface area contributed by atoms with Crippen LogP contribution in [0.5, 0.6) is 5.88 Å². The van der Waals surface area contributed by atoms with Crippen LogP contribution in [-0.4, -0.2) is 15.9 Å². The average Bonchev–Trinajstić information content (AvgIpc) is 3.37. The quantitative estimate of drug-likeness (QED) is 0.429. The summed E-state index contributed by atoms with van der Waals surface area (Å²) in [5, 5.41) is 22.7. The maximum absolute atomic E-state index is 13.3. The highest BCUT2D eigenvalue weighted by atomic mass is 32.1. The maximum atomic E-state index is 13.3. The van der Waals surface area contributed by atoms with Gasteiger partial charge in [-0.3, -0.25) is 4.79 Å². The average molecular weight is 440 g/mol. The molecule has 0 unspecified atom stereocenters. The summed E-state index contributed by atoms with van der Waals surface area (Å²) in [6, 6.07) is 15.2. The topological polar surface area (TPSA) is 78.4 Å². The lowest BCUT2D eigenvalue weighted by atomic mass is 10.1. The summed E-state index contributed by atoms with van der Waals surface area (Å²) >= 11 is 1.54. The summed E-state index contributed by atoms with van der Waals surface area (Å²) in [7, 11) is 0. The first-order valence-corrected chi connectivity index (χ1v) is 11.3. The van der Waals surface area contributed by atoms with Gasteiger partial charge >= 0.3 is 0 Å². The highest BCUT2D eigenvalue weighted by Gasteiger charge is 2.22. The third-order valence-electron chi connectivity index (χ3n) is 6.18. The molecule has 32 heavy (non-hydrogen) atoms. The number of pyridine rings is 1. The molecule has 2 aromatic carbocycles. The van der Waals surface area contributed by atoms with E-state index in [9.17, 15) is 15.2 Å². The Labute approximate surface area is 189 Å². The van der Waals surface area contributed by atoms with E-state index in [2.05, 4.69) is 11.1 Å². The van der Waals surface area contributed by atoms with E-state index in [1.165, 1.54) is 9.44 Å². The molecule has 1 aliphatic rings. The van der Waals surface area contributed by atoms with Crippen molar-refractivity contribution < 1.29 is 5.11 Å². The molecule has 1 aliphatic carbocycles. The number of nitrogens with zero attached hydrogens (tertiary/aromatic N) is 3. The van der Waals surface area contributed by atoms with Crippen LogP contribution in [0.1, 0.15) is 39.1 Å². The Morgan fingerprint density at radius 1 is 1.12 bits per heavy atom. The zero-order chi connectivity index (χ0) is 22.4. The van der Waals surface area contributed by atoms with E-state index in [0.29, 0.717) is 32.6 Å². The smallest absolute Gasteiger partial charge is 0.265 e. The molecule has 0 amide bonds. The largest absolute Gasteiger partial charge is 0.494 e. The molecule has 0 saturated carbocycles. The van der Waals surface area contributed by atoms with Crippen LogP contribution in [0.4, 0.5) is 5.00 Å². The van der Waals surface area contributed by atoms with Crippen molar-refractivity contribution in [2.24, 2.45) is 4.99 Å². The Morgan fingerprint density at radius 2 is 1.91 bits per heavy atom. The summed E-state index contributed by atoms with van der Waals surface area (Å²) in [6.07, 6.45) is 4.55. The first-order chi connectivity index (χ1) is 15.5. The number of hydrogen-bond acceptors (Lipinski definition) is 5. The predicted molar refractivity (Wildman–Crippen MR) is 129 cm³/mol. The zero-order valence-electron chi connectivity index (χ0n) is 17.8. The van der Waals surface area contributed by atoms with E-state index in [1.807, 2.05) is 50.2 Å². The van der Waals surface area contributed by atoms with Crippen molar-refractivity contribution in [1.29, 1.82) is 5.26 Å². The number of hydrogen-bond donors (Lipinski definition) is 1. The number of nitriles is 1. The first-order valence-electron chi connectivity index (χ1n) is 10.5. The molecule has 1 N–H and O–H groups in total. The van der Waals surface area contributed by atoms with Crippen molar-refractivity contribution in [1.82, 2.24) is 4.57 Å². The van der Waals surface area contributed by atoms with Crippen molar-refractivity contribution in [3.63, 3.8) is 0 Å². The van der Waals surface area contributed by atoms with Crippen LogP contribution >= 0.6 is 11.3 Å². The number of aromatic nitrogens is 1. The Bertz CT molecular complexity index is 1520. The molecule has 0 aliphatic heterocycles. The predicted octanol–water partition coefficient (Wildman–Crippen LogP) is 5.49. The minimum atomic E-state index is -0.286. The van der Waals surface area contributed by atoms with Crippen molar-refractivity contribution in [3.8, 4) is 17.6 Å². The molecule has 4 aromatic rings. The summed E-state index contributed by atoms with van der Waals surface area (Å²) in [5.41, 5.74) is 4.65. The maximum Gasteiger partial charge on any atom is 0.265 e. The number of rotatable bonds is 3. The van der Waals surface area contributed by atoms with Gasteiger partial charge in [-0.25, -0.2) is 9.56 Å². The van der Waals surface area contributed by atoms with Crippen LogP contribution in [-0.2, 0) is 12.8 Å². The lowest BCUT2D eigenvalue weighted by Gasteiger charge is -2.14. The van der Waals surface area contributed by atoms with Crippen molar-refractivity contribution in [2.45, 2.75) is 33.1 Å². The lowest BCUT2D eigenvalue weighted by molar-refractivity contribution is 0.436. The molecular weight excluding hydrogens is 418 g/mol. The van der Waals surface area contributed by atoms with Gasteiger partial charge in [0.1, 0.15) is 11.1 Å². The highest BCUT2D eigenvalue weighted by molar-refractivity contribution is 7.16. The standard InChI is InChI=1S/C26H21N3O2S/c1-15-10-11-17(12-16(15)2)29-25(30)20-7-4-3-6-18(20)22(26(29)31)14-28-24-21(13-27)19-8-5-9-23(19)32-24/h3-4,6-7,10-12,14,31H,5,8-9H2,1-2H3. The zero-order valence-corrected chi connectivity index (χ0v) is 18.7. The normalized spacial score (nSPS) is 13.0. The fourth-order valence-corrected chi connectivity index (χ4v) is 5.50. The monoisotopic (exact) mass is 439 g/mol. The van der Waals surface area contributed by atoms with Crippen LogP contribution in [0, 0.1) is 25.2 Å². The molecule has 0 atom stereocenters. The van der Waals surface area contributed by atoms with Crippen LogP contribution in [0.3, 0.4) is 0 Å². The minimum absolute atomic E-state index is 0.164. The van der Waals surface area contributed by atoms with Gasteiger partial charge in [-0.05, 0) is 68.0 Å². The van der Waals surface area contributed by atoms with Gasteiger partial charge in [-0.2, -0.15) is 5.26 Å². The molecule has 0 spiro atoms. The summed E-state index contributed by atoms with van der Waals surface area (Å²) < 4.78 is 1.33. The number of fused-ring (bicyclic) bond motifs is 2. The molecule has 0 radical (unpaired) electrons. The van der Waals surface area contributed by atoms with E-state index < -0.39 is 0 Å². The lowest BCUT2D eigenvalue weighted by Crippen LogP contribution is -2.20. The number of thiophene rings is 1. The third-order valence-corrected chi connectivity index (χ3v) is 7.38. The molecule has 0 fully saturated rings. The van der Waals surface area contributed by atoms with Gasteiger partial charge in [-0.1, -0.05) is 24.3 Å². The van der Waals surface area contributed by atoms with Gasteiger partial charge in [0.2, 0.25) is 5.88 Å². The third kappa shape index (κ3) is 3.14. The van der Waals surface area contributed by atoms with E-state index in [1.54, 1.807) is 23.6 Å². The van der Waals surface area contributed by atoms with Crippen molar-refractivity contribution in [3.05, 3.63) is 85.5 Å². The van der Waals surface area contributed by atoms with E-state index in [-0.39, 0.29) is 11.4 Å². The second-order valence-electron chi connectivity index (χ2n) is 8.10. The Balaban J connectivity index is 1.73. The molecule has 0 bridgehead atoms. The van der Waals surface area contributed by atoms with Crippen LogP contribution in [0.25, 0.3) is 16.5 Å². The summed E-state index contributed by atoms with van der Waals surface area (Å²) in [6.45, 7) is 3.98. The van der Waals surface area contributed by atoms with Crippen LogP contribution in [0.2, 0.25) is 0 Å².